The van der Waals surface area contributed by atoms with Crippen LogP contribution in [-0.2, 0) is 4.79 Å². The summed E-state index contributed by atoms with van der Waals surface area (Å²) in [5, 5.41) is 11.0. The van der Waals surface area contributed by atoms with Crippen LogP contribution in [0.5, 0.6) is 0 Å². The number of halogens is 2. The van der Waals surface area contributed by atoms with Crippen LogP contribution >= 0.6 is 23.2 Å². The van der Waals surface area contributed by atoms with E-state index in [0.29, 0.717) is 6.42 Å². The number of carbonyl (C=O) groups is 1. The van der Waals surface area contributed by atoms with Gasteiger partial charge in [-0.05, 0) is 20.3 Å². The molecule has 3 nitrogen and oxygen atoms in total. The third kappa shape index (κ3) is 1.74. The quantitative estimate of drug-likeness (QED) is 0.720. The number of alkyl halides is 2. The van der Waals surface area contributed by atoms with Gasteiger partial charge in [0.15, 0.2) is 0 Å². The lowest BCUT2D eigenvalue weighted by Crippen LogP contribution is -2.38. The molecule has 1 fully saturated rings. The fourth-order valence-corrected chi connectivity index (χ4v) is 1.74. The molecule has 1 N–H and O–H groups in total. The van der Waals surface area contributed by atoms with E-state index in [1.54, 1.807) is 13.8 Å². The molecule has 1 rings (SSSR count). The maximum absolute atomic E-state index is 11.5. The number of amides is 1. The second kappa shape index (κ2) is 3.04. The first-order chi connectivity index (χ1) is 5.83. The molecular formula is C8H10Cl2N2O. The van der Waals surface area contributed by atoms with E-state index in [1.165, 1.54) is 0 Å². The van der Waals surface area contributed by atoms with E-state index in [0.717, 1.165) is 0 Å². The second-order valence-corrected chi connectivity index (χ2v) is 5.02. The van der Waals surface area contributed by atoms with Crippen molar-refractivity contribution in [1.29, 1.82) is 5.26 Å². The Hall–Kier alpha value is -0.460. The predicted molar refractivity (Wildman–Crippen MR) is 50.4 cm³/mol. The molecule has 0 aromatic carbocycles. The molecule has 72 valence electrons. The maximum atomic E-state index is 11.5. The third-order valence-corrected chi connectivity index (χ3v) is 3.40. The molecular weight excluding hydrogens is 211 g/mol. The van der Waals surface area contributed by atoms with E-state index in [2.05, 4.69) is 5.32 Å². The average Bonchev–Trinajstić information content (AvgIpc) is 2.52. The van der Waals surface area contributed by atoms with Crippen LogP contribution < -0.4 is 5.32 Å². The Labute approximate surface area is 87.0 Å². The summed E-state index contributed by atoms with van der Waals surface area (Å²) >= 11 is 11.6. The minimum Gasteiger partial charge on any atom is -0.340 e. The van der Waals surface area contributed by atoms with E-state index >= 15 is 0 Å². The number of hydrogen-bond acceptors (Lipinski definition) is 2. The van der Waals surface area contributed by atoms with Crippen molar-refractivity contribution in [3.8, 4) is 6.07 Å². The minimum atomic E-state index is -0.966. The average molecular weight is 221 g/mol. The summed E-state index contributed by atoms with van der Waals surface area (Å²) in [6.45, 7) is 3.29. The molecule has 0 aromatic heterocycles. The summed E-state index contributed by atoms with van der Waals surface area (Å²) in [5.74, 6) is -0.258. The molecule has 1 saturated carbocycles. The van der Waals surface area contributed by atoms with Gasteiger partial charge in [0.05, 0.1) is 11.5 Å². The lowest BCUT2D eigenvalue weighted by atomic mass is 10.1. The highest BCUT2D eigenvalue weighted by atomic mass is 35.5. The number of nitrogens with zero attached hydrogens (tertiary/aromatic N) is 1. The first kappa shape index (κ1) is 10.6. The van der Waals surface area contributed by atoms with Gasteiger partial charge in [0, 0.05) is 0 Å². The Kier molecular flexibility index (Phi) is 2.48. The van der Waals surface area contributed by atoms with Gasteiger partial charge < -0.3 is 5.32 Å². The van der Waals surface area contributed by atoms with Gasteiger partial charge in [-0.1, -0.05) is 0 Å². The highest BCUT2D eigenvalue weighted by molar-refractivity contribution is 6.53. The van der Waals surface area contributed by atoms with Crippen molar-refractivity contribution in [3.63, 3.8) is 0 Å². The monoisotopic (exact) mass is 220 g/mol. The van der Waals surface area contributed by atoms with E-state index in [4.69, 9.17) is 28.5 Å². The van der Waals surface area contributed by atoms with Gasteiger partial charge >= 0.3 is 0 Å². The molecule has 1 aliphatic rings. The van der Waals surface area contributed by atoms with Gasteiger partial charge in [-0.2, -0.15) is 5.26 Å². The Morgan fingerprint density at radius 3 is 2.46 bits per heavy atom. The first-order valence-electron chi connectivity index (χ1n) is 3.92. The van der Waals surface area contributed by atoms with Gasteiger partial charge in [0.1, 0.15) is 10.4 Å². The summed E-state index contributed by atoms with van der Waals surface area (Å²) in [6, 6.07) is 1.40. The fraction of sp³-hybridized carbons (Fsp3) is 0.750. The summed E-state index contributed by atoms with van der Waals surface area (Å²) in [6.07, 6.45) is 0.438. The number of carbonyl (C=O) groups excluding carboxylic acids is 1. The van der Waals surface area contributed by atoms with Gasteiger partial charge in [-0.15, -0.1) is 23.2 Å². The van der Waals surface area contributed by atoms with Gasteiger partial charge in [-0.3, -0.25) is 4.79 Å². The van der Waals surface area contributed by atoms with Crippen LogP contribution in [0.1, 0.15) is 20.3 Å². The molecule has 0 aliphatic heterocycles. The first-order valence-corrected chi connectivity index (χ1v) is 4.67. The van der Waals surface area contributed by atoms with Crippen molar-refractivity contribution in [2.24, 2.45) is 5.41 Å². The van der Waals surface area contributed by atoms with Crippen LogP contribution in [0.4, 0.5) is 0 Å². The summed E-state index contributed by atoms with van der Waals surface area (Å²) in [5.41, 5.74) is -0.735. The maximum Gasteiger partial charge on any atom is 0.230 e. The SMILES string of the molecule is CC(C#N)NC(=O)C1(C)CC1(Cl)Cl. The summed E-state index contributed by atoms with van der Waals surface area (Å²) in [4.78, 5) is 11.5. The lowest BCUT2D eigenvalue weighted by molar-refractivity contribution is -0.126. The van der Waals surface area contributed by atoms with Crippen LogP contribution in [0.15, 0.2) is 0 Å². The highest BCUT2D eigenvalue weighted by Gasteiger charge is 2.67. The van der Waals surface area contributed by atoms with E-state index in [9.17, 15) is 4.79 Å². The van der Waals surface area contributed by atoms with E-state index in [1.807, 2.05) is 6.07 Å². The van der Waals surface area contributed by atoms with Crippen molar-refractivity contribution in [3.05, 3.63) is 0 Å². The van der Waals surface area contributed by atoms with Crippen molar-refractivity contribution in [2.45, 2.75) is 30.6 Å². The number of nitrogens with one attached hydrogen (secondary N) is 1. The molecule has 1 amide bonds. The molecule has 2 atom stereocenters. The predicted octanol–water partition coefficient (Wildman–Crippen LogP) is 1.60. The number of nitriles is 1. The standard InChI is InChI=1S/C8H10Cl2N2O/c1-5(3-11)12-6(13)7(2)4-8(7,9)10/h5H,4H2,1-2H3,(H,12,13). The van der Waals surface area contributed by atoms with Crippen LogP contribution in [0.2, 0.25) is 0 Å². The molecule has 13 heavy (non-hydrogen) atoms. The van der Waals surface area contributed by atoms with Crippen molar-refractivity contribution in [2.75, 3.05) is 0 Å². The third-order valence-electron chi connectivity index (χ3n) is 2.30. The lowest BCUT2D eigenvalue weighted by Gasteiger charge is -2.13. The normalized spacial score (nSPS) is 31.6. The van der Waals surface area contributed by atoms with Crippen LogP contribution in [0, 0.1) is 16.7 Å². The Morgan fingerprint density at radius 2 is 2.15 bits per heavy atom. The molecule has 5 heteroatoms. The summed E-state index contributed by atoms with van der Waals surface area (Å²) < 4.78 is -0.966. The second-order valence-electron chi connectivity index (χ2n) is 3.54. The number of hydrogen-bond donors (Lipinski definition) is 1. The Morgan fingerprint density at radius 1 is 1.69 bits per heavy atom. The zero-order chi connectivity index (χ0) is 10.3. The smallest absolute Gasteiger partial charge is 0.230 e. The largest absolute Gasteiger partial charge is 0.340 e. The van der Waals surface area contributed by atoms with Crippen molar-refractivity contribution in [1.82, 2.24) is 5.32 Å². The molecule has 0 heterocycles. The molecule has 0 spiro atoms. The fourth-order valence-electron chi connectivity index (χ4n) is 1.03. The zero-order valence-electron chi connectivity index (χ0n) is 7.40. The molecule has 0 bridgehead atoms. The molecule has 1 aliphatic carbocycles. The molecule has 0 saturated heterocycles. The van der Waals surface area contributed by atoms with Crippen molar-refractivity contribution >= 4 is 29.1 Å². The molecule has 2 unspecified atom stereocenters. The highest BCUT2D eigenvalue weighted by Crippen LogP contribution is 2.63. The van der Waals surface area contributed by atoms with Crippen LogP contribution in [0.25, 0.3) is 0 Å². The van der Waals surface area contributed by atoms with Crippen LogP contribution in [0.3, 0.4) is 0 Å². The number of rotatable bonds is 2. The Balaban J connectivity index is 2.58. The van der Waals surface area contributed by atoms with Gasteiger partial charge in [0.25, 0.3) is 0 Å². The van der Waals surface area contributed by atoms with Crippen LogP contribution in [-0.4, -0.2) is 16.3 Å². The topological polar surface area (TPSA) is 52.9 Å². The summed E-state index contributed by atoms with van der Waals surface area (Å²) in [7, 11) is 0. The molecule has 0 aromatic rings. The van der Waals surface area contributed by atoms with E-state index in [-0.39, 0.29) is 5.91 Å². The molecule has 0 radical (unpaired) electrons. The zero-order valence-corrected chi connectivity index (χ0v) is 8.91. The Bertz CT molecular complexity index is 284. The van der Waals surface area contributed by atoms with Gasteiger partial charge in [-0.25, -0.2) is 0 Å². The van der Waals surface area contributed by atoms with E-state index < -0.39 is 15.8 Å². The van der Waals surface area contributed by atoms with Gasteiger partial charge in [0.2, 0.25) is 5.91 Å². The minimum absolute atomic E-state index is 0.258. The van der Waals surface area contributed by atoms with Crippen molar-refractivity contribution < 1.29 is 4.79 Å².